The molecular formula is C20H27NO2. The summed E-state index contributed by atoms with van der Waals surface area (Å²) in [7, 11) is 0. The molecule has 23 heavy (non-hydrogen) atoms. The van der Waals surface area contributed by atoms with Crippen LogP contribution in [0.5, 0.6) is 11.5 Å². The number of nitrogens with one attached hydrogen (secondary N) is 1. The van der Waals surface area contributed by atoms with Crippen molar-refractivity contribution in [2.45, 2.75) is 46.8 Å². The second-order valence-electron chi connectivity index (χ2n) is 6.19. The zero-order valence-electron chi connectivity index (χ0n) is 14.7. The molecule has 0 saturated carbocycles. The molecule has 124 valence electrons. The number of anilines is 1. The molecule has 0 aliphatic carbocycles. The van der Waals surface area contributed by atoms with Gasteiger partial charge in [-0.1, -0.05) is 30.3 Å². The summed E-state index contributed by atoms with van der Waals surface area (Å²) in [5.74, 6) is 1.86. The molecule has 0 saturated heterocycles. The number of benzene rings is 2. The minimum absolute atomic E-state index is 0.0573. The van der Waals surface area contributed by atoms with Crippen LogP contribution in [0.1, 0.15) is 31.9 Å². The van der Waals surface area contributed by atoms with Crippen molar-refractivity contribution in [2.75, 3.05) is 11.9 Å². The summed E-state index contributed by atoms with van der Waals surface area (Å²) in [5, 5.41) is 3.43. The second-order valence-corrected chi connectivity index (χ2v) is 6.19. The van der Waals surface area contributed by atoms with Crippen molar-refractivity contribution in [3.63, 3.8) is 0 Å². The molecule has 3 nitrogen and oxygen atoms in total. The van der Waals surface area contributed by atoms with Crippen molar-refractivity contribution >= 4 is 5.69 Å². The Bertz CT molecular complexity index is 617. The highest BCUT2D eigenvalue weighted by molar-refractivity contribution is 5.56. The van der Waals surface area contributed by atoms with Crippen molar-refractivity contribution in [2.24, 2.45) is 0 Å². The van der Waals surface area contributed by atoms with E-state index in [1.165, 1.54) is 11.1 Å². The van der Waals surface area contributed by atoms with Crippen LogP contribution in [0.25, 0.3) is 0 Å². The van der Waals surface area contributed by atoms with Crippen molar-refractivity contribution < 1.29 is 9.47 Å². The zero-order chi connectivity index (χ0) is 16.8. The van der Waals surface area contributed by atoms with E-state index in [4.69, 9.17) is 9.47 Å². The molecule has 0 radical (unpaired) electrons. The van der Waals surface area contributed by atoms with Gasteiger partial charge in [0.15, 0.2) is 0 Å². The van der Waals surface area contributed by atoms with Gasteiger partial charge in [-0.25, -0.2) is 0 Å². The highest BCUT2D eigenvalue weighted by atomic mass is 16.5. The van der Waals surface area contributed by atoms with Crippen LogP contribution in [0.3, 0.4) is 0 Å². The third kappa shape index (κ3) is 4.92. The molecule has 2 aromatic rings. The van der Waals surface area contributed by atoms with Gasteiger partial charge >= 0.3 is 0 Å². The van der Waals surface area contributed by atoms with Crippen molar-refractivity contribution in [3.8, 4) is 11.5 Å². The largest absolute Gasteiger partial charge is 0.489 e. The molecule has 0 unspecified atom stereocenters. The Morgan fingerprint density at radius 3 is 2.17 bits per heavy atom. The third-order valence-electron chi connectivity index (χ3n) is 3.56. The van der Waals surface area contributed by atoms with Crippen molar-refractivity contribution in [3.05, 3.63) is 53.6 Å². The molecular weight excluding hydrogens is 286 g/mol. The molecule has 0 aromatic heterocycles. The van der Waals surface area contributed by atoms with Gasteiger partial charge in [-0.15, -0.1) is 0 Å². The first-order chi connectivity index (χ1) is 11.0. The van der Waals surface area contributed by atoms with Gasteiger partial charge < -0.3 is 14.8 Å². The van der Waals surface area contributed by atoms with E-state index >= 15 is 0 Å². The Kier molecular flexibility index (Phi) is 5.91. The third-order valence-corrected chi connectivity index (χ3v) is 3.56. The lowest BCUT2D eigenvalue weighted by atomic mass is 10.1. The standard InChI is InChI=1S/C20H27NO2/c1-14(2)22-19-12-7-6-11-18(19)21-13-17(5)23-20-15(3)9-8-10-16(20)4/h6-12,14,17,21H,13H2,1-5H3/t17-/m1/s1. The molecule has 0 amide bonds. The number of ether oxygens (including phenoxy) is 2. The highest BCUT2D eigenvalue weighted by Gasteiger charge is 2.10. The Morgan fingerprint density at radius 2 is 1.52 bits per heavy atom. The van der Waals surface area contributed by atoms with E-state index in [0.717, 1.165) is 17.2 Å². The lowest BCUT2D eigenvalue weighted by Gasteiger charge is -2.20. The van der Waals surface area contributed by atoms with Crippen LogP contribution in [-0.4, -0.2) is 18.8 Å². The van der Waals surface area contributed by atoms with Crippen LogP contribution in [0.2, 0.25) is 0 Å². The lowest BCUT2D eigenvalue weighted by Crippen LogP contribution is -2.23. The van der Waals surface area contributed by atoms with Gasteiger partial charge in [-0.2, -0.15) is 0 Å². The van der Waals surface area contributed by atoms with Crippen LogP contribution in [0, 0.1) is 13.8 Å². The van der Waals surface area contributed by atoms with Gasteiger partial charge in [0, 0.05) is 0 Å². The summed E-state index contributed by atoms with van der Waals surface area (Å²) in [6.07, 6.45) is 0.211. The summed E-state index contributed by atoms with van der Waals surface area (Å²) in [6, 6.07) is 14.2. The Morgan fingerprint density at radius 1 is 0.870 bits per heavy atom. The average molecular weight is 313 g/mol. The van der Waals surface area contributed by atoms with E-state index in [2.05, 4.69) is 44.3 Å². The maximum absolute atomic E-state index is 6.12. The van der Waals surface area contributed by atoms with Crippen LogP contribution in [0.15, 0.2) is 42.5 Å². The highest BCUT2D eigenvalue weighted by Crippen LogP contribution is 2.26. The molecule has 0 aliphatic rings. The molecule has 0 fully saturated rings. The molecule has 1 N–H and O–H groups in total. The van der Waals surface area contributed by atoms with E-state index < -0.39 is 0 Å². The number of para-hydroxylation sites is 3. The molecule has 0 aliphatic heterocycles. The monoisotopic (exact) mass is 313 g/mol. The Balaban J connectivity index is 1.98. The maximum Gasteiger partial charge on any atom is 0.142 e. The van der Waals surface area contributed by atoms with Gasteiger partial charge in [0.05, 0.1) is 18.3 Å². The van der Waals surface area contributed by atoms with Crippen LogP contribution in [0.4, 0.5) is 5.69 Å². The molecule has 3 heteroatoms. The second kappa shape index (κ2) is 7.91. The van der Waals surface area contributed by atoms with E-state index in [0.29, 0.717) is 6.54 Å². The average Bonchev–Trinajstić information content (AvgIpc) is 2.50. The minimum atomic E-state index is 0.0573. The van der Waals surface area contributed by atoms with E-state index in [9.17, 15) is 0 Å². The molecule has 1 atom stereocenters. The number of aryl methyl sites for hydroxylation is 2. The summed E-state index contributed by atoms with van der Waals surface area (Å²) in [6.45, 7) is 11.0. The fraction of sp³-hybridized carbons (Fsp3) is 0.400. The first kappa shape index (κ1) is 17.2. The van der Waals surface area contributed by atoms with Crippen LogP contribution < -0.4 is 14.8 Å². The van der Waals surface area contributed by atoms with E-state index in [1.54, 1.807) is 0 Å². The van der Waals surface area contributed by atoms with Gasteiger partial charge in [0.25, 0.3) is 0 Å². The van der Waals surface area contributed by atoms with Crippen LogP contribution >= 0.6 is 0 Å². The van der Waals surface area contributed by atoms with Crippen molar-refractivity contribution in [1.82, 2.24) is 0 Å². The molecule has 2 aromatic carbocycles. The summed E-state index contributed by atoms with van der Waals surface area (Å²) < 4.78 is 11.9. The minimum Gasteiger partial charge on any atom is -0.489 e. The predicted molar refractivity (Wildman–Crippen MR) is 96.7 cm³/mol. The molecule has 2 rings (SSSR count). The number of hydrogen-bond acceptors (Lipinski definition) is 3. The van der Waals surface area contributed by atoms with Crippen LogP contribution in [-0.2, 0) is 0 Å². The van der Waals surface area contributed by atoms with Gasteiger partial charge in [-0.3, -0.25) is 0 Å². The first-order valence-electron chi connectivity index (χ1n) is 8.19. The summed E-state index contributed by atoms with van der Waals surface area (Å²) in [4.78, 5) is 0. The smallest absolute Gasteiger partial charge is 0.142 e. The Hall–Kier alpha value is -2.16. The number of hydrogen-bond donors (Lipinski definition) is 1. The maximum atomic E-state index is 6.12. The fourth-order valence-corrected chi connectivity index (χ4v) is 2.45. The topological polar surface area (TPSA) is 30.5 Å². The zero-order valence-corrected chi connectivity index (χ0v) is 14.7. The normalized spacial score (nSPS) is 12.1. The van der Waals surface area contributed by atoms with Gasteiger partial charge in [0.2, 0.25) is 0 Å². The summed E-state index contributed by atoms with van der Waals surface area (Å²) >= 11 is 0. The first-order valence-corrected chi connectivity index (χ1v) is 8.19. The lowest BCUT2D eigenvalue weighted by molar-refractivity contribution is 0.230. The van der Waals surface area contributed by atoms with E-state index in [-0.39, 0.29) is 12.2 Å². The Labute approximate surface area is 139 Å². The quantitative estimate of drug-likeness (QED) is 0.783. The van der Waals surface area contributed by atoms with Gasteiger partial charge in [0.1, 0.15) is 17.6 Å². The molecule has 0 heterocycles. The van der Waals surface area contributed by atoms with E-state index in [1.807, 2.05) is 38.1 Å². The molecule has 0 bridgehead atoms. The molecule has 0 spiro atoms. The van der Waals surface area contributed by atoms with Gasteiger partial charge in [-0.05, 0) is 57.9 Å². The van der Waals surface area contributed by atoms with Crippen molar-refractivity contribution in [1.29, 1.82) is 0 Å². The predicted octanol–water partition coefficient (Wildman–Crippen LogP) is 4.97. The SMILES string of the molecule is Cc1cccc(C)c1O[C@H](C)CNc1ccccc1OC(C)C. The summed E-state index contributed by atoms with van der Waals surface area (Å²) in [5.41, 5.74) is 3.33. The number of rotatable bonds is 7. The fourth-order valence-electron chi connectivity index (χ4n) is 2.45.